The van der Waals surface area contributed by atoms with E-state index in [9.17, 15) is 32.3 Å². The van der Waals surface area contributed by atoms with E-state index in [4.69, 9.17) is 0 Å². The van der Waals surface area contributed by atoms with E-state index in [1.165, 1.54) is 6.92 Å². The molecule has 4 nitrogen and oxygen atoms in total. The predicted octanol–water partition coefficient (Wildman–Crippen LogP) is 3.03. The number of hydrogen-bond acceptors (Lipinski definition) is 4. The Morgan fingerprint density at radius 2 is 1.95 bits per heavy atom. The first-order valence-corrected chi connectivity index (χ1v) is 5.65. The van der Waals surface area contributed by atoms with Crippen LogP contribution in [0, 0.1) is 5.82 Å². The minimum absolute atomic E-state index is 0.0559. The molecule has 0 atom stereocenters. The second-order valence-corrected chi connectivity index (χ2v) is 3.81. The Hall–Kier alpha value is -2.38. The van der Waals surface area contributed by atoms with Crippen LogP contribution in [0.1, 0.15) is 22.8 Å². The zero-order valence-electron chi connectivity index (χ0n) is 10.7. The van der Waals surface area contributed by atoms with Crippen LogP contribution >= 0.6 is 0 Å². The SMILES string of the molecule is CCOC(=O)/C(O)=C\C(=O)c1ccc(F)c(C(F)(F)F)c1. The van der Waals surface area contributed by atoms with Crippen LogP contribution in [0.3, 0.4) is 0 Å². The zero-order valence-corrected chi connectivity index (χ0v) is 10.7. The largest absolute Gasteiger partial charge is 0.502 e. The van der Waals surface area contributed by atoms with Crippen molar-refractivity contribution in [2.24, 2.45) is 0 Å². The number of benzene rings is 1. The summed E-state index contributed by atoms with van der Waals surface area (Å²) in [5.41, 5.74) is -2.14. The average Bonchev–Trinajstić information content (AvgIpc) is 2.37. The summed E-state index contributed by atoms with van der Waals surface area (Å²) in [5.74, 6) is -4.87. The van der Waals surface area contributed by atoms with E-state index < -0.39 is 40.6 Å². The van der Waals surface area contributed by atoms with Crippen molar-refractivity contribution in [1.82, 2.24) is 0 Å². The van der Waals surface area contributed by atoms with Crippen molar-refractivity contribution in [3.8, 4) is 0 Å². The van der Waals surface area contributed by atoms with Crippen LogP contribution < -0.4 is 0 Å². The quantitative estimate of drug-likeness (QED) is 0.305. The molecule has 0 unspecified atom stereocenters. The van der Waals surface area contributed by atoms with Gasteiger partial charge in [-0.25, -0.2) is 9.18 Å². The van der Waals surface area contributed by atoms with Gasteiger partial charge in [0.25, 0.3) is 0 Å². The Kier molecular flexibility index (Phi) is 5.07. The van der Waals surface area contributed by atoms with Gasteiger partial charge >= 0.3 is 12.1 Å². The summed E-state index contributed by atoms with van der Waals surface area (Å²) in [6, 6.07) is 1.58. The molecule has 0 spiro atoms. The molecule has 0 aliphatic carbocycles. The fourth-order valence-electron chi connectivity index (χ4n) is 1.37. The molecular weight excluding hydrogens is 296 g/mol. The molecule has 1 N–H and O–H groups in total. The highest BCUT2D eigenvalue weighted by molar-refractivity contribution is 6.08. The van der Waals surface area contributed by atoms with Crippen LogP contribution in [0.5, 0.6) is 0 Å². The van der Waals surface area contributed by atoms with Gasteiger partial charge in [-0.15, -0.1) is 0 Å². The minimum atomic E-state index is -4.97. The Labute approximate surface area is 116 Å². The third-order valence-electron chi connectivity index (χ3n) is 2.31. The van der Waals surface area contributed by atoms with Crippen LogP contribution in [-0.2, 0) is 15.7 Å². The molecule has 0 bridgehead atoms. The summed E-state index contributed by atoms with van der Waals surface area (Å²) in [4.78, 5) is 22.7. The van der Waals surface area contributed by atoms with Crippen molar-refractivity contribution >= 4 is 11.8 Å². The normalized spacial score (nSPS) is 12.1. The van der Waals surface area contributed by atoms with Gasteiger partial charge in [0.1, 0.15) is 5.82 Å². The lowest BCUT2D eigenvalue weighted by Gasteiger charge is -2.08. The number of alkyl halides is 3. The molecule has 1 aromatic carbocycles. The number of rotatable bonds is 4. The number of ether oxygens (including phenoxy) is 1. The molecule has 0 radical (unpaired) electrons. The van der Waals surface area contributed by atoms with Gasteiger partial charge < -0.3 is 9.84 Å². The number of aliphatic hydroxyl groups excluding tert-OH is 1. The van der Waals surface area contributed by atoms with E-state index >= 15 is 0 Å². The van der Waals surface area contributed by atoms with Gasteiger partial charge in [-0.05, 0) is 25.1 Å². The molecule has 0 aliphatic rings. The lowest BCUT2D eigenvalue weighted by Crippen LogP contribution is -2.11. The Balaban J connectivity index is 3.09. The molecular formula is C13H10F4O4. The van der Waals surface area contributed by atoms with Crippen molar-refractivity contribution in [2.45, 2.75) is 13.1 Å². The van der Waals surface area contributed by atoms with Crippen LogP contribution in [0.15, 0.2) is 30.0 Å². The molecule has 0 saturated heterocycles. The van der Waals surface area contributed by atoms with Gasteiger partial charge in [0, 0.05) is 11.6 Å². The first-order chi connectivity index (χ1) is 9.66. The van der Waals surface area contributed by atoms with Crippen LogP contribution in [0.2, 0.25) is 0 Å². The Morgan fingerprint density at radius 1 is 1.33 bits per heavy atom. The smallest absolute Gasteiger partial charge is 0.419 e. The number of ketones is 1. The van der Waals surface area contributed by atoms with E-state index in [1.54, 1.807) is 0 Å². The minimum Gasteiger partial charge on any atom is -0.502 e. The molecule has 0 aromatic heterocycles. The molecule has 1 aromatic rings. The summed E-state index contributed by atoms with van der Waals surface area (Å²) >= 11 is 0. The van der Waals surface area contributed by atoms with Crippen molar-refractivity contribution in [1.29, 1.82) is 0 Å². The van der Waals surface area contributed by atoms with Gasteiger partial charge in [-0.2, -0.15) is 13.2 Å². The number of aliphatic hydroxyl groups is 1. The monoisotopic (exact) mass is 306 g/mol. The maximum absolute atomic E-state index is 13.0. The van der Waals surface area contributed by atoms with E-state index in [2.05, 4.69) is 4.74 Å². The van der Waals surface area contributed by atoms with E-state index in [-0.39, 0.29) is 6.61 Å². The van der Waals surface area contributed by atoms with Gasteiger partial charge in [-0.1, -0.05) is 0 Å². The summed E-state index contributed by atoms with van der Waals surface area (Å²) in [6.45, 7) is 1.41. The molecule has 0 aliphatic heterocycles. The highest BCUT2D eigenvalue weighted by atomic mass is 19.4. The molecule has 1 rings (SSSR count). The summed E-state index contributed by atoms with van der Waals surface area (Å²) < 4.78 is 54.9. The standard InChI is InChI=1S/C13H10F4O4/c1-2-21-12(20)11(19)6-10(18)7-3-4-9(14)8(5-7)13(15,16)17/h3-6,19H,2H2,1H3/b11-6+. The maximum atomic E-state index is 13.0. The summed E-state index contributed by atoms with van der Waals surface area (Å²) in [6.07, 6.45) is -4.56. The second kappa shape index (κ2) is 6.38. The van der Waals surface area contributed by atoms with Gasteiger partial charge in [0.15, 0.2) is 5.78 Å². The second-order valence-electron chi connectivity index (χ2n) is 3.81. The first kappa shape index (κ1) is 16.7. The molecule has 21 heavy (non-hydrogen) atoms. The summed E-state index contributed by atoms with van der Waals surface area (Å²) in [7, 11) is 0. The zero-order chi connectivity index (χ0) is 16.2. The van der Waals surface area contributed by atoms with Gasteiger partial charge in [0.05, 0.1) is 12.2 Å². The molecule has 0 fully saturated rings. The Bertz CT molecular complexity index is 590. The van der Waals surface area contributed by atoms with Crippen LogP contribution in [-0.4, -0.2) is 23.5 Å². The van der Waals surface area contributed by atoms with Gasteiger partial charge in [-0.3, -0.25) is 4.79 Å². The molecule has 0 saturated carbocycles. The van der Waals surface area contributed by atoms with Gasteiger partial charge in [0.2, 0.25) is 5.76 Å². The van der Waals surface area contributed by atoms with E-state index in [1.807, 2.05) is 0 Å². The van der Waals surface area contributed by atoms with E-state index in [0.717, 1.165) is 6.07 Å². The number of carbonyl (C=O) groups is 2. The molecule has 8 heteroatoms. The molecule has 114 valence electrons. The topological polar surface area (TPSA) is 63.6 Å². The van der Waals surface area contributed by atoms with Crippen molar-refractivity contribution in [3.05, 3.63) is 47.0 Å². The lowest BCUT2D eigenvalue weighted by molar-refractivity contribution is -0.141. The van der Waals surface area contributed by atoms with Crippen LogP contribution in [0.25, 0.3) is 0 Å². The molecule has 0 heterocycles. The average molecular weight is 306 g/mol. The first-order valence-electron chi connectivity index (χ1n) is 5.65. The Morgan fingerprint density at radius 3 is 2.48 bits per heavy atom. The number of allylic oxidation sites excluding steroid dienone is 1. The van der Waals surface area contributed by atoms with Crippen molar-refractivity contribution in [2.75, 3.05) is 6.61 Å². The van der Waals surface area contributed by atoms with Crippen molar-refractivity contribution in [3.63, 3.8) is 0 Å². The summed E-state index contributed by atoms with van der Waals surface area (Å²) in [5, 5.41) is 9.23. The number of halogens is 4. The highest BCUT2D eigenvalue weighted by Crippen LogP contribution is 2.32. The third-order valence-corrected chi connectivity index (χ3v) is 2.31. The van der Waals surface area contributed by atoms with Crippen LogP contribution in [0.4, 0.5) is 17.6 Å². The molecule has 0 amide bonds. The number of carbonyl (C=O) groups excluding carboxylic acids is 2. The fraction of sp³-hybridized carbons (Fsp3) is 0.231. The predicted molar refractivity (Wildman–Crippen MR) is 63.1 cm³/mol. The number of esters is 1. The van der Waals surface area contributed by atoms with E-state index in [0.29, 0.717) is 18.2 Å². The maximum Gasteiger partial charge on any atom is 0.419 e. The number of hydrogen-bond donors (Lipinski definition) is 1. The lowest BCUT2D eigenvalue weighted by atomic mass is 10.1. The highest BCUT2D eigenvalue weighted by Gasteiger charge is 2.34. The third kappa shape index (κ3) is 4.30. The van der Waals surface area contributed by atoms with Crippen molar-refractivity contribution < 1.29 is 37.0 Å². The fourth-order valence-corrected chi connectivity index (χ4v) is 1.37.